The van der Waals surface area contributed by atoms with Crippen molar-refractivity contribution in [3.63, 3.8) is 0 Å². The Morgan fingerprint density at radius 3 is 2.57 bits per heavy atom. The fourth-order valence-corrected chi connectivity index (χ4v) is 2.80. The molecule has 2 aromatic heterocycles. The van der Waals surface area contributed by atoms with Crippen molar-refractivity contribution in [1.29, 1.82) is 0 Å². The highest BCUT2D eigenvalue weighted by Crippen LogP contribution is 2.23. The van der Waals surface area contributed by atoms with Gasteiger partial charge in [-0.2, -0.15) is 0 Å². The zero-order chi connectivity index (χ0) is 14.5. The Kier molecular flexibility index (Phi) is 4.25. The lowest BCUT2D eigenvalue weighted by Gasteiger charge is -2.01. The lowest BCUT2D eigenvalue weighted by atomic mass is 10.2. The monoisotopic (exact) mass is 298 g/mol. The summed E-state index contributed by atoms with van der Waals surface area (Å²) in [6.45, 7) is 3.67. The van der Waals surface area contributed by atoms with Crippen molar-refractivity contribution in [3.8, 4) is 0 Å². The largest absolute Gasteiger partial charge is 0.220 e. The second-order valence-electron chi connectivity index (χ2n) is 4.57. The molecule has 0 saturated heterocycles. The molecule has 3 rings (SSSR count). The summed E-state index contributed by atoms with van der Waals surface area (Å²) < 4.78 is 3.94. The fourth-order valence-electron chi connectivity index (χ4n) is 1.98. The Hall–Kier alpha value is -2.21. The summed E-state index contributed by atoms with van der Waals surface area (Å²) in [6, 6.07) is 14.6. The van der Waals surface area contributed by atoms with Gasteiger partial charge in [-0.25, -0.2) is 9.25 Å². The van der Waals surface area contributed by atoms with E-state index in [2.05, 4.69) is 68.9 Å². The van der Waals surface area contributed by atoms with Crippen LogP contribution in [0.1, 0.15) is 12.5 Å². The van der Waals surface area contributed by atoms with E-state index in [1.54, 1.807) is 16.4 Å². The van der Waals surface area contributed by atoms with E-state index >= 15 is 0 Å². The van der Waals surface area contributed by atoms with Crippen LogP contribution in [0.3, 0.4) is 0 Å². The van der Waals surface area contributed by atoms with Crippen LogP contribution in [0.2, 0.25) is 0 Å². The molecule has 0 N–H and O–H groups in total. The first-order chi connectivity index (χ1) is 10.3. The highest BCUT2D eigenvalue weighted by molar-refractivity contribution is 7.99. The van der Waals surface area contributed by atoms with Crippen molar-refractivity contribution >= 4 is 11.8 Å². The van der Waals surface area contributed by atoms with Crippen LogP contribution in [-0.2, 0) is 13.1 Å². The molecule has 0 bridgehead atoms. The van der Waals surface area contributed by atoms with Gasteiger partial charge in [-0.05, 0) is 29.1 Å². The van der Waals surface area contributed by atoms with Crippen molar-refractivity contribution in [1.82, 2.24) is 20.2 Å². The first-order valence-corrected chi connectivity index (χ1v) is 7.64. The van der Waals surface area contributed by atoms with Gasteiger partial charge in [0.05, 0.1) is 0 Å². The minimum Gasteiger partial charge on any atom is -0.220 e. The predicted molar refractivity (Wildman–Crippen MR) is 79.8 cm³/mol. The third kappa shape index (κ3) is 3.46. The molecule has 0 radical (unpaired) electrons. The third-order valence-electron chi connectivity index (χ3n) is 3.08. The molecule has 21 heavy (non-hydrogen) atoms. The minimum absolute atomic E-state index is 0.774. The number of hydrogen-bond acceptors (Lipinski definition) is 4. The fraction of sp³-hybridized carbons (Fsp3) is 0.200. The number of benzene rings is 1. The molecule has 0 aliphatic carbocycles. The summed E-state index contributed by atoms with van der Waals surface area (Å²) in [6.07, 6.45) is 4.16. The van der Waals surface area contributed by atoms with Crippen LogP contribution in [0.25, 0.3) is 0 Å². The van der Waals surface area contributed by atoms with Crippen LogP contribution in [0.5, 0.6) is 0 Å². The van der Waals surface area contributed by atoms with Gasteiger partial charge in [-0.15, -0.1) is 5.10 Å². The van der Waals surface area contributed by atoms with Crippen LogP contribution in [0.15, 0.2) is 64.9 Å². The van der Waals surface area contributed by atoms with E-state index < -0.39 is 0 Å². The summed E-state index contributed by atoms with van der Waals surface area (Å²) in [4.78, 5) is 1.13. The average molecular weight is 298 g/mol. The molecule has 0 amide bonds. The Labute approximate surface area is 127 Å². The molecule has 0 fully saturated rings. The van der Waals surface area contributed by atoms with Crippen molar-refractivity contribution in [2.45, 2.75) is 30.1 Å². The summed E-state index contributed by atoms with van der Waals surface area (Å²) in [5.41, 5.74) is 1.29. The number of rotatable bonds is 5. The highest BCUT2D eigenvalue weighted by Gasteiger charge is 2.08. The number of aryl methyl sites for hydroxylation is 1. The second-order valence-corrected chi connectivity index (χ2v) is 5.61. The van der Waals surface area contributed by atoms with Crippen molar-refractivity contribution in [3.05, 3.63) is 60.4 Å². The first-order valence-electron chi connectivity index (χ1n) is 6.82. The lowest BCUT2D eigenvalue weighted by Crippen LogP contribution is -2.32. The Morgan fingerprint density at radius 1 is 1.10 bits per heavy atom. The Bertz CT molecular complexity index is 694. The number of pyridine rings is 1. The van der Waals surface area contributed by atoms with Gasteiger partial charge in [-0.3, -0.25) is 0 Å². The van der Waals surface area contributed by atoms with Gasteiger partial charge in [0.25, 0.3) is 0 Å². The number of tetrazole rings is 1. The van der Waals surface area contributed by atoms with Gasteiger partial charge in [-0.1, -0.05) is 30.3 Å². The van der Waals surface area contributed by atoms with Gasteiger partial charge >= 0.3 is 0 Å². The van der Waals surface area contributed by atoms with Crippen molar-refractivity contribution < 1.29 is 4.57 Å². The second kappa shape index (κ2) is 6.49. The molecule has 6 heteroatoms. The molecular formula is C15H16N5S+. The van der Waals surface area contributed by atoms with E-state index in [0.29, 0.717) is 0 Å². The van der Waals surface area contributed by atoms with Gasteiger partial charge in [0.1, 0.15) is 0 Å². The summed E-state index contributed by atoms with van der Waals surface area (Å²) >= 11 is 1.57. The minimum atomic E-state index is 0.774. The quantitative estimate of drug-likeness (QED) is 0.677. The smallest absolute Gasteiger partial charge is 0.214 e. The van der Waals surface area contributed by atoms with E-state index in [1.165, 1.54) is 5.56 Å². The van der Waals surface area contributed by atoms with Gasteiger partial charge in [0.2, 0.25) is 5.16 Å². The standard InChI is InChI=1S/C15H16N5S/c1-2-20-15(16-17-18-20)21-14-8-10-19(11-9-14)12-13-6-4-3-5-7-13/h3-11H,2,12H2,1H3/q+1. The molecule has 0 saturated carbocycles. The topological polar surface area (TPSA) is 47.5 Å². The summed E-state index contributed by atoms with van der Waals surface area (Å²) in [7, 11) is 0. The van der Waals surface area contributed by atoms with Crippen LogP contribution >= 0.6 is 11.8 Å². The Morgan fingerprint density at radius 2 is 1.86 bits per heavy atom. The van der Waals surface area contributed by atoms with Gasteiger partial charge in [0, 0.05) is 29.1 Å². The molecule has 0 aliphatic heterocycles. The van der Waals surface area contributed by atoms with Crippen LogP contribution < -0.4 is 4.57 Å². The maximum absolute atomic E-state index is 4.03. The number of hydrogen-bond donors (Lipinski definition) is 0. The molecule has 0 unspecified atom stereocenters. The van der Waals surface area contributed by atoms with Gasteiger partial charge < -0.3 is 0 Å². The van der Waals surface area contributed by atoms with E-state index in [-0.39, 0.29) is 0 Å². The molecular weight excluding hydrogens is 282 g/mol. The maximum Gasteiger partial charge on any atom is 0.214 e. The molecule has 2 heterocycles. The number of nitrogens with zero attached hydrogens (tertiary/aromatic N) is 5. The molecule has 0 aliphatic rings. The van der Waals surface area contributed by atoms with Gasteiger partial charge in [0.15, 0.2) is 18.9 Å². The van der Waals surface area contributed by atoms with Crippen LogP contribution in [0, 0.1) is 0 Å². The number of aromatic nitrogens is 5. The average Bonchev–Trinajstić information content (AvgIpc) is 2.97. The molecule has 3 aromatic rings. The first kappa shape index (κ1) is 13.8. The zero-order valence-corrected chi connectivity index (χ0v) is 12.6. The molecule has 0 spiro atoms. The van der Waals surface area contributed by atoms with E-state index in [1.807, 2.05) is 13.0 Å². The van der Waals surface area contributed by atoms with Crippen LogP contribution in [-0.4, -0.2) is 20.2 Å². The highest BCUT2D eigenvalue weighted by atomic mass is 32.2. The summed E-state index contributed by atoms with van der Waals surface area (Å²) in [5.74, 6) is 0. The molecule has 5 nitrogen and oxygen atoms in total. The van der Waals surface area contributed by atoms with E-state index in [4.69, 9.17) is 0 Å². The Balaban J connectivity index is 1.69. The molecule has 0 atom stereocenters. The van der Waals surface area contributed by atoms with E-state index in [9.17, 15) is 0 Å². The zero-order valence-electron chi connectivity index (χ0n) is 11.8. The predicted octanol–water partition coefficient (Wildman–Crippen LogP) is 2.18. The third-order valence-corrected chi connectivity index (χ3v) is 4.06. The lowest BCUT2D eigenvalue weighted by molar-refractivity contribution is -0.688. The van der Waals surface area contributed by atoms with Crippen molar-refractivity contribution in [2.75, 3.05) is 0 Å². The SMILES string of the molecule is CCn1nnnc1Sc1cc[n+](Cc2ccccc2)cc1. The van der Waals surface area contributed by atoms with Crippen LogP contribution in [0.4, 0.5) is 0 Å². The molecule has 1 aromatic carbocycles. The normalized spacial score (nSPS) is 10.7. The summed E-state index contributed by atoms with van der Waals surface area (Å²) in [5, 5.41) is 12.5. The molecule has 106 valence electrons. The maximum atomic E-state index is 4.03. The van der Waals surface area contributed by atoms with Crippen molar-refractivity contribution in [2.24, 2.45) is 0 Å². The van der Waals surface area contributed by atoms with E-state index in [0.717, 1.165) is 23.1 Å².